The molecule has 1 aromatic rings. The summed E-state index contributed by atoms with van der Waals surface area (Å²) in [6.07, 6.45) is 8.43. The summed E-state index contributed by atoms with van der Waals surface area (Å²) in [6.45, 7) is 0.0471. The fourth-order valence-corrected chi connectivity index (χ4v) is 3.89. The smallest absolute Gasteiger partial charge is 0.260 e. The van der Waals surface area contributed by atoms with Gasteiger partial charge in [0.05, 0.1) is 12.9 Å². The van der Waals surface area contributed by atoms with Gasteiger partial charge in [0.2, 0.25) is 5.91 Å². The number of aromatic nitrogens is 2. The molecule has 0 aromatic carbocycles. The molecule has 0 radical (unpaired) electrons. The van der Waals surface area contributed by atoms with Gasteiger partial charge in [-0.25, -0.2) is 18.1 Å². The highest BCUT2D eigenvalue weighted by atomic mass is 32.2. The van der Waals surface area contributed by atoms with E-state index >= 15 is 0 Å². The van der Waals surface area contributed by atoms with Gasteiger partial charge in [0, 0.05) is 25.8 Å². The lowest BCUT2D eigenvalue weighted by molar-refractivity contribution is -0.121. The molecule has 8 nitrogen and oxygen atoms in total. The summed E-state index contributed by atoms with van der Waals surface area (Å²) in [6, 6.07) is -0.0952. The molecule has 2 rings (SSSR count). The number of aryl methyl sites for hydroxylation is 1. The van der Waals surface area contributed by atoms with Crippen molar-refractivity contribution in [1.29, 1.82) is 0 Å². The van der Waals surface area contributed by atoms with Crippen LogP contribution in [0.4, 0.5) is 0 Å². The van der Waals surface area contributed by atoms with E-state index in [4.69, 9.17) is 5.73 Å². The molecule has 1 aliphatic carbocycles. The number of hydrogen-bond acceptors (Lipinski definition) is 5. The van der Waals surface area contributed by atoms with Gasteiger partial charge in [-0.2, -0.15) is 0 Å². The molecule has 130 valence electrons. The minimum absolute atomic E-state index is 0.0952. The molecule has 1 amide bonds. The van der Waals surface area contributed by atoms with Crippen LogP contribution < -0.4 is 15.8 Å². The van der Waals surface area contributed by atoms with Crippen LogP contribution in [0.5, 0.6) is 0 Å². The van der Waals surface area contributed by atoms with E-state index in [1.165, 1.54) is 23.5 Å². The maximum atomic E-state index is 12.0. The predicted molar refractivity (Wildman–Crippen MR) is 86.0 cm³/mol. The normalized spacial score (nSPS) is 17.8. The maximum absolute atomic E-state index is 12.0. The Kier molecular flexibility index (Phi) is 6.14. The van der Waals surface area contributed by atoms with Crippen molar-refractivity contribution < 1.29 is 13.2 Å². The van der Waals surface area contributed by atoms with E-state index in [1.807, 2.05) is 0 Å². The summed E-state index contributed by atoms with van der Waals surface area (Å²) in [4.78, 5) is 15.8. The standard InChI is InChI=1S/C14H25N5O3S/c1-19-9-14(16-10-19)23(21,22)17-8-13(20)18-12(7-15)11-5-3-2-4-6-11/h9-12,17H,2-8,15H2,1H3,(H,18,20). The van der Waals surface area contributed by atoms with Crippen molar-refractivity contribution >= 4 is 15.9 Å². The summed E-state index contributed by atoms with van der Waals surface area (Å²) in [7, 11) is -2.10. The molecular weight excluding hydrogens is 318 g/mol. The van der Waals surface area contributed by atoms with Gasteiger partial charge < -0.3 is 15.6 Å². The quantitative estimate of drug-likeness (QED) is 0.629. The second-order valence-corrected chi connectivity index (χ2v) is 7.72. The lowest BCUT2D eigenvalue weighted by Gasteiger charge is -2.30. The number of sulfonamides is 1. The lowest BCUT2D eigenvalue weighted by atomic mass is 9.84. The molecule has 1 unspecified atom stereocenters. The largest absolute Gasteiger partial charge is 0.351 e. The fraction of sp³-hybridized carbons (Fsp3) is 0.714. The average molecular weight is 343 g/mol. The van der Waals surface area contributed by atoms with Gasteiger partial charge in [-0.3, -0.25) is 4.79 Å². The Bertz CT molecular complexity index is 622. The first-order valence-electron chi connectivity index (χ1n) is 7.89. The first-order valence-corrected chi connectivity index (χ1v) is 9.38. The molecule has 0 aliphatic heterocycles. The second-order valence-electron chi connectivity index (χ2n) is 6.01. The minimum atomic E-state index is -3.78. The van der Waals surface area contributed by atoms with Gasteiger partial charge in [0.1, 0.15) is 0 Å². The number of hydrogen-bond donors (Lipinski definition) is 3. The number of carbonyl (C=O) groups is 1. The number of imidazole rings is 1. The van der Waals surface area contributed by atoms with Gasteiger partial charge in [0.15, 0.2) is 5.03 Å². The van der Waals surface area contributed by atoms with Gasteiger partial charge in [-0.05, 0) is 18.8 Å². The fourth-order valence-electron chi connectivity index (χ4n) is 2.93. The first-order chi connectivity index (χ1) is 10.9. The number of nitrogens with one attached hydrogen (secondary N) is 2. The van der Waals surface area contributed by atoms with Crippen molar-refractivity contribution in [2.45, 2.75) is 43.2 Å². The Labute approximate surface area is 136 Å². The number of nitrogens with zero attached hydrogens (tertiary/aromatic N) is 2. The van der Waals surface area contributed by atoms with Crippen LogP contribution in [-0.4, -0.2) is 43.0 Å². The summed E-state index contributed by atoms with van der Waals surface area (Å²) >= 11 is 0. The second kappa shape index (κ2) is 7.89. The molecule has 9 heteroatoms. The number of nitrogens with two attached hydrogens (primary N) is 1. The van der Waals surface area contributed by atoms with Crippen LogP contribution in [0.3, 0.4) is 0 Å². The predicted octanol–water partition coefficient (Wildman–Crippen LogP) is -0.278. The van der Waals surface area contributed by atoms with E-state index in [1.54, 1.807) is 7.05 Å². The molecule has 0 spiro atoms. The highest BCUT2D eigenvalue weighted by molar-refractivity contribution is 7.89. The summed E-state index contributed by atoms with van der Waals surface area (Å²) in [5.74, 6) is 0.00984. The Hall–Kier alpha value is -1.45. The molecule has 1 fully saturated rings. The third-order valence-corrected chi connectivity index (χ3v) is 5.48. The van der Waals surface area contributed by atoms with Crippen molar-refractivity contribution in [3.63, 3.8) is 0 Å². The summed E-state index contributed by atoms with van der Waals surface area (Å²) in [5, 5.41) is 2.75. The van der Waals surface area contributed by atoms with Crippen molar-refractivity contribution in [2.75, 3.05) is 13.1 Å². The van der Waals surface area contributed by atoms with Gasteiger partial charge in [-0.1, -0.05) is 19.3 Å². The topological polar surface area (TPSA) is 119 Å². The minimum Gasteiger partial charge on any atom is -0.351 e. The molecule has 23 heavy (non-hydrogen) atoms. The van der Waals surface area contributed by atoms with Crippen LogP contribution in [0.25, 0.3) is 0 Å². The summed E-state index contributed by atoms with van der Waals surface area (Å²) in [5.41, 5.74) is 5.76. The Balaban J connectivity index is 1.86. The van der Waals surface area contributed by atoms with Crippen molar-refractivity contribution in [3.05, 3.63) is 12.5 Å². The molecule has 1 saturated carbocycles. The van der Waals surface area contributed by atoms with Gasteiger partial charge >= 0.3 is 0 Å². The van der Waals surface area contributed by atoms with Crippen LogP contribution in [0.15, 0.2) is 17.6 Å². The first kappa shape index (κ1) is 17.9. The van der Waals surface area contributed by atoms with Crippen LogP contribution >= 0.6 is 0 Å². The van der Waals surface area contributed by atoms with E-state index in [-0.39, 0.29) is 23.5 Å². The van der Waals surface area contributed by atoms with E-state index in [0.717, 1.165) is 25.7 Å². The third kappa shape index (κ3) is 5.02. The molecule has 4 N–H and O–H groups in total. The molecule has 1 aliphatic rings. The Morgan fingerprint density at radius 1 is 1.43 bits per heavy atom. The number of amides is 1. The van der Waals surface area contributed by atoms with Crippen LogP contribution in [-0.2, 0) is 21.9 Å². The van der Waals surface area contributed by atoms with Crippen LogP contribution in [0.1, 0.15) is 32.1 Å². The van der Waals surface area contributed by atoms with Crippen molar-refractivity contribution in [3.8, 4) is 0 Å². The molecular formula is C14H25N5O3S. The molecule has 1 heterocycles. The SMILES string of the molecule is Cn1cnc(S(=O)(=O)NCC(=O)NC(CN)C2CCCCC2)c1. The zero-order valence-corrected chi connectivity index (χ0v) is 14.2. The van der Waals surface area contributed by atoms with Crippen LogP contribution in [0, 0.1) is 5.92 Å². The van der Waals surface area contributed by atoms with E-state index < -0.39 is 10.0 Å². The average Bonchev–Trinajstić information content (AvgIpc) is 2.99. The van der Waals surface area contributed by atoms with Crippen LogP contribution in [0.2, 0.25) is 0 Å². The monoisotopic (exact) mass is 343 g/mol. The van der Waals surface area contributed by atoms with E-state index in [9.17, 15) is 13.2 Å². The summed E-state index contributed by atoms with van der Waals surface area (Å²) < 4.78 is 27.8. The van der Waals surface area contributed by atoms with Gasteiger partial charge in [0.25, 0.3) is 10.0 Å². The lowest BCUT2D eigenvalue weighted by Crippen LogP contribution is -2.49. The molecule has 1 atom stereocenters. The highest BCUT2D eigenvalue weighted by Gasteiger charge is 2.25. The van der Waals surface area contributed by atoms with Gasteiger partial charge in [-0.15, -0.1) is 0 Å². The molecule has 0 saturated heterocycles. The van der Waals surface area contributed by atoms with E-state index in [0.29, 0.717) is 12.5 Å². The third-order valence-electron chi connectivity index (χ3n) is 4.20. The van der Waals surface area contributed by atoms with Crippen molar-refractivity contribution in [1.82, 2.24) is 19.6 Å². The van der Waals surface area contributed by atoms with Crippen molar-refractivity contribution in [2.24, 2.45) is 18.7 Å². The number of rotatable bonds is 7. The zero-order valence-electron chi connectivity index (χ0n) is 13.4. The molecule has 1 aromatic heterocycles. The van der Waals surface area contributed by atoms with E-state index in [2.05, 4.69) is 15.0 Å². The zero-order chi connectivity index (χ0) is 16.9. The number of carbonyl (C=O) groups excluding carboxylic acids is 1. The Morgan fingerprint density at radius 2 is 2.13 bits per heavy atom. The maximum Gasteiger partial charge on any atom is 0.260 e. The Morgan fingerprint density at radius 3 is 2.70 bits per heavy atom. The highest BCUT2D eigenvalue weighted by Crippen LogP contribution is 2.26. The molecule has 0 bridgehead atoms.